The normalized spacial score (nSPS) is 11.9. The Morgan fingerprint density at radius 3 is 2.38 bits per heavy atom. The van der Waals surface area contributed by atoms with Gasteiger partial charge in [0.05, 0.1) is 15.3 Å². The summed E-state index contributed by atoms with van der Waals surface area (Å²) in [5, 5.41) is 5.63. The summed E-state index contributed by atoms with van der Waals surface area (Å²) < 4.78 is 0.568. The first-order valence-corrected chi connectivity index (χ1v) is 10.3. The van der Waals surface area contributed by atoms with E-state index in [0.717, 1.165) is 10.4 Å². The van der Waals surface area contributed by atoms with Crippen LogP contribution >= 0.6 is 45.9 Å². The van der Waals surface area contributed by atoms with E-state index in [4.69, 9.17) is 23.2 Å². The summed E-state index contributed by atoms with van der Waals surface area (Å²) in [6, 6.07) is 14.4. The molecule has 7 heteroatoms. The van der Waals surface area contributed by atoms with Crippen molar-refractivity contribution in [2.24, 2.45) is 0 Å². The van der Waals surface area contributed by atoms with E-state index in [1.54, 1.807) is 35.6 Å². The zero-order chi connectivity index (χ0) is 18.5. The second-order valence-corrected chi connectivity index (χ2v) is 8.73. The molecular weight excluding hydrogens is 409 g/mol. The summed E-state index contributed by atoms with van der Waals surface area (Å²) in [4.78, 5) is 26.2. The highest BCUT2D eigenvalue weighted by molar-refractivity contribution is 7.18. The van der Waals surface area contributed by atoms with Crippen LogP contribution in [0.4, 0.5) is 0 Å². The first kappa shape index (κ1) is 19.1. The molecule has 1 N–H and O–H groups in total. The molecule has 0 spiro atoms. The molecule has 0 aliphatic rings. The van der Waals surface area contributed by atoms with E-state index >= 15 is 0 Å². The molecular formula is C19H15Cl2NO2S2. The average molecular weight is 424 g/mol. The Hall–Kier alpha value is -1.66. The van der Waals surface area contributed by atoms with Gasteiger partial charge in [-0.15, -0.1) is 22.7 Å². The van der Waals surface area contributed by atoms with Crippen LogP contribution in [0.25, 0.3) is 0 Å². The second kappa shape index (κ2) is 8.82. The lowest BCUT2D eigenvalue weighted by atomic mass is 10.0. The van der Waals surface area contributed by atoms with Crippen molar-refractivity contribution >= 4 is 57.6 Å². The molecule has 2 heterocycles. The number of amides is 1. The molecule has 2 aromatic heterocycles. The van der Waals surface area contributed by atoms with Crippen molar-refractivity contribution in [1.29, 1.82) is 0 Å². The summed E-state index contributed by atoms with van der Waals surface area (Å²) in [6.45, 7) is 0. The minimum absolute atomic E-state index is 0.0729. The molecule has 1 aromatic carbocycles. The van der Waals surface area contributed by atoms with Gasteiger partial charge < -0.3 is 5.32 Å². The number of nitrogens with one attached hydrogen (secondary N) is 1. The minimum Gasteiger partial charge on any atom is -0.344 e. The van der Waals surface area contributed by atoms with Crippen LogP contribution < -0.4 is 5.32 Å². The maximum Gasteiger partial charge on any atom is 0.221 e. The lowest BCUT2D eigenvalue weighted by Crippen LogP contribution is -2.29. The number of ketones is 1. The van der Waals surface area contributed by atoms with Crippen LogP contribution in [0.5, 0.6) is 0 Å². The van der Waals surface area contributed by atoms with Crippen LogP contribution in [0.1, 0.15) is 39.0 Å². The SMILES string of the molecule is O=C(CCC(=O)c1ccc(Cl)s1)NC(c1ccc(Cl)cc1)c1cccs1. The average Bonchev–Trinajstić information content (AvgIpc) is 3.30. The van der Waals surface area contributed by atoms with E-state index in [1.807, 2.05) is 29.6 Å². The quantitative estimate of drug-likeness (QED) is 0.474. The number of hydrogen-bond acceptors (Lipinski definition) is 4. The summed E-state index contributed by atoms with van der Waals surface area (Å²) in [6.07, 6.45) is 0.282. The van der Waals surface area contributed by atoms with Gasteiger partial charge in [-0.2, -0.15) is 0 Å². The lowest BCUT2D eigenvalue weighted by molar-refractivity contribution is -0.121. The van der Waals surface area contributed by atoms with Crippen molar-refractivity contribution in [2.45, 2.75) is 18.9 Å². The molecule has 0 saturated heterocycles. The Kier molecular flexibility index (Phi) is 6.48. The predicted molar refractivity (Wildman–Crippen MR) is 109 cm³/mol. The highest BCUT2D eigenvalue weighted by Gasteiger charge is 2.19. The molecule has 0 aliphatic carbocycles. The molecule has 0 bridgehead atoms. The van der Waals surface area contributed by atoms with Gasteiger partial charge in [-0.3, -0.25) is 9.59 Å². The zero-order valence-electron chi connectivity index (χ0n) is 13.6. The summed E-state index contributed by atoms with van der Waals surface area (Å²) in [7, 11) is 0. The first-order valence-electron chi connectivity index (χ1n) is 7.89. The van der Waals surface area contributed by atoms with Gasteiger partial charge in [0.15, 0.2) is 5.78 Å². The third-order valence-corrected chi connectivity index (χ3v) is 6.22. The summed E-state index contributed by atoms with van der Waals surface area (Å²) in [5.41, 5.74) is 0.946. The summed E-state index contributed by atoms with van der Waals surface area (Å²) >= 11 is 14.6. The van der Waals surface area contributed by atoms with Gasteiger partial charge in [0.2, 0.25) is 5.91 Å². The maximum atomic E-state index is 12.4. The van der Waals surface area contributed by atoms with Gasteiger partial charge in [0.1, 0.15) is 0 Å². The molecule has 3 aromatic rings. The number of Topliss-reactive ketones (excluding diaryl/α,β-unsaturated/α-hetero) is 1. The van der Waals surface area contributed by atoms with E-state index in [-0.39, 0.29) is 30.6 Å². The van der Waals surface area contributed by atoms with E-state index < -0.39 is 0 Å². The molecule has 3 rings (SSSR count). The van der Waals surface area contributed by atoms with E-state index in [9.17, 15) is 9.59 Å². The van der Waals surface area contributed by atoms with Crippen LogP contribution in [0.3, 0.4) is 0 Å². The number of rotatable bonds is 7. The largest absolute Gasteiger partial charge is 0.344 e. The van der Waals surface area contributed by atoms with E-state index in [1.165, 1.54) is 11.3 Å². The van der Waals surface area contributed by atoms with Crippen molar-refractivity contribution in [3.63, 3.8) is 0 Å². The number of halogens is 2. The second-order valence-electron chi connectivity index (χ2n) is 5.59. The van der Waals surface area contributed by atoms with E-state index in [0.29, 0.717) is 14.2 Å². The maximum absolute atomic E-state index is 12.4. The number of carbonyl (C=O) groups is 2. The van der Waals surface area contributed by atoms with Gasteiger partial charge in [-0.25, -0.2) is 0 Å². The molecule has 0 fully saturated rings. The molecule has 26 heavy (non-hydrogen) atoms. The first-order chi connectivity index (χ1) is 12.5. The van der Waals surface area contributed by atoms with Gasteiger partial charge in [-0.05, 0) is 41.3 Å². The van der Waals surface area contributed by atoms with Crippen molar-refractivity contribution in [1.82, 2.24) is 5.32 Å². The third kappa shape index (κ3) is 4.95. The number of benzene rings is 1. The lowest BCUT2D eigenvalue weighted by Gasteiger charge is -2.18. The predicted octanol–water partition coefficient (Wildman–Crippen LogP) is 5.99. The molecule has 134 valence electrons. The van der Waals surface area contributed by atoms with Gasteiger partial charge in [-0.1, -0.05) is 41.4 Å². The standard InChI is InChI=1S/C19H15Cl2NO2S2/c20-13-5-3-12(4-6-13)19(16-2-1-11-25-16)22-18(24)10-7-14(23)15-8-9-17(21)26-15/h1-6,8-9,11,19H,7,10H2,(H,22,24). The van der Waals surface area contributed by atoms with Crippen LogP contribution in [-0.2, 0) is 4.79 Å². The van der Waals surface area contributed by atoms with Crippen molar-refractivity contribution in [2.75, 3.05) is 0 Å². The topological polar surface area (TPSA) is 46.2 Å². The van der Waals surface area contributed by atoms with Crippen molar-refractivity contribution in [3.05, 3.63) is 78.6 Å². The molecule has 3 nitrogen and oxygen atoms in total. The van der Waals surface area contributed by atoms with Gasteiger partial charge >= 0.3 is 0 Å². The Morgan fingerprint density at radius 2 is 1.77 bits per heavy atom. The molecule has 1 atom stereocenters. The molecule has 1 unspecified atom stereocenters. The Morgan fingerprint density at radius 1 is 1.00 bits per heavy atom. The fourth-order valence-corrected chi connectivity index (χ4v) is 4.42. The number of hydrogen-bond donors (Lipinski definition) is 1. The fraction of sp³-hybridized carbons (Fsp3) is 0.158. The van der Waals surface area contributed by atoms with Gasteiger partial charge in [0.25, 0.3) is 0 Å². The van der Waals surface area contributed by atoms with Crippen LogP contribution in [0.15, 0.2) is 53.9 Å². The molecule has 0 radical (unpaired) electrons. The van der Waals surface area contributed by atoms with Crippen molar-refractivity contribution in [3.8, 4) is 0 Å². The van der Waals surface area contributed by atoms with Gasteiger partial charge in [0, 0.05) is 22.7 Å². The Labute approximate surface area is 169 Å². The molecule has 0 aliphatic heterocycles. The molecule has 0 saturated carbocycles. The zero-order valence-corrected chi connectivity index (χ0v) is 16.7. The minimum atomic E-state index is -0.258. The molecule has 1 amide bonds. The monoisotopic (exact) mass is 423 g/mol. The Balaban J connectivity index is 1.66. The highest BCUT2D eigenvalue weighted by Crippen LogP contribution is 2.27. The smallest absolute Gasteiger partial charge is 0.221 e. The number of carbonyl (C=O) groups excluding carboxylic acids is 2. The number of thiophene rings is 2. The summed E-state index contributed by atoms with van der Waals surface area (Å²) in [5.74, 6) is -0.245. The van der Waals surface area contributed by atoms with Crippen LogP contribution in [0, 0.1) is 0 Å². The van der Waals surface area contributed by atoms with Crippen molar-refractivity contribution < 1.29 is 9.59 Å². The van der Waals surface area contributed by atoms with Crippen LogP contribution in [0.2, 0.25) is 9.36 Å². The fourth-order valence-electron chi connectivity index (χ4n) is 2.48. The Bertz CT molecular complexity index is 889. The highest BCUT2D eigenvalue weighted by atomic mass is 35.5. The van der Waals surface area contributed by atoms with E-state index in [2.05, 4.69) is 5.32 Å². The third-order valence-electron chi connectivity index (χ3n) is 3.76. The van der Waals surface area contributed by atoms with Crippen LogP contribution in [-0.4, -0.2) is 11.7 Å².